The van der Waals surface area contributed by atoms with Crippen LogP contribution in [-0.2, 0) is 19.1 Å². The molecule has 2 amide bonds. The van der Waals surface area contributed by atoms with Crippen molar-refractivity contribution in [2.75, 3.05) is 40.0 Å². The van der Waals surface area contributed by atoms with Gasteiger partial charge in [-0.1, -0.05) is 29.8 Å². The van der Waals surface area contributed by atoms with Crippen molar-refractivity contribution in [1.29, 1.82) is 0 Å². The molecule has 2 saturated heterocycles. The van der Waals surface area contributed by atoms with Crippen LogP contribution in [0.4, 0.5) is 0 Å². The Hall–Kier alpha value is -1.63. The first-order valence-corrected chi connectivity index (χ1v) is 9.88. The van der Waals surface area contributed by atoms with Crippen molar-refractivity contribution in [1.82, 2.24) is 10.2 Å². The van der Waals surface area contributed by atoms with E-state index < -0.39 is 5.92 Å². The molecule has 0 unspecified atom stereocenters. The molecule has 2 aliphatic rings. The summed E-state index contributed by atoms with van der Waals surface area (Å²) in [4.78, 5) is 27.3. The molecule has 0 spiro atoms. The van der Waals surface area contributed by atoms with E-state index in [4.69, 9.17) is 21.1 Å². The highest BCUT2D eigenvalue weighted by Gasteiger charge is 2.44. The number of carbonyl (C=O) groups excluding carboxylic acids is 2. The van der Waals surface area contributed by atoms with Crippen molar-refractivity contribution in [3.8, 4) is 0 Å². The van der Waals surface area contributed by atoms with Crippen molar-refractivity contribution in [3.63, 3.8) is 0 Å². The fraction of sp³-hybridized carbons (Fsp3) is 0.600. The zero-order valence-electron chi connectivity index (χ0n) is 15.7. The highest BCUT2D eigenvalue weighted by Crippen LogP contribution is 2.40. The van der Waals surface area contributed by atoms with Crippen LogP contribution in [0.5, 0.6) is 0 Å². The van der Waals surface area contributed by atoms with Crippen molar-refractivity contribution >= 4 is 23.4 Å². The van der Waals surface area contributed by atoms with E-state index in [0.717, 1.165) is 31.6 Å². The van der Waals surface area contributed by atoms with Gasteiger partial charge in [-0.2, -0.15) is 0 Å². The van der Waals surface area contributed by atoms with Crippen LogP contribution in [0.3, 0.4) is 0 Å². The molecule has 2 heterocycles. The summed E-state index contributed by atoms with van der Waals surface area (Å²) in [6.45, 7) is 2.98. The topological polar surface area (TPSA) is 67.9 Å². The Balaban J connectivity index is 1.75. The third kappa shape index (κ3) is 4.81. The van der Waals surface area contributed by atoms with E-state index in [1.54, 1.807) is 18.1 Å². The molecule has 0 aromatic heterocycles. The molecule has 0 radical (unpaired) electrons. The first-order valence-electron chi connectivity index (χ1n) is 9.50. The second-order valence-corrected chi connectivity index (χ2v) is 7.56. The number of methoxy groups -OCH3 is 1. The average molecular weight is 395 g/mol. The molecule has 148 valence electrons. The Kier molecular flexibility index (Phi) is 7.10. The van der Waals surface area contributed by atoms with Gasteiger partial charge in [-0.3, -0.25) is 9.59 Å². The molecule has 0 aliphatic carbocycles. The summed E-state index contributed by atoms with van der Waals surface area (Å²) < 4.78 is 10.5. The van der Waals surface area contributed by atoms with Crippen LogP contribution in [0, 0.1) is 11.8 Å². The van der Waals surface area contributed by atoms with Gasteiger partial charge in [0, 0.05) is 44.9 Å². The fourth-order valence-electron chi connectivity index (χ4n) is 3.91. The van der Waals surface area contributed by atoms with Gasteiger partial charge in [0.2, 0.25) is 11.8 Å². The smallest absolute Gasteiger partial charge is 0.226 e. The van der Waals surface area contributed by atoms with Crippen LogP contribution in [0.15, 0.2) is 24.3 Å². The van der Waals surface area contributed by atoms with Gasteiger partial charge in [0.25, 0.3) is 0 Å². The Morgan fingerprint density at radius 2 is 2.07 bits per heavy atom. The summed E-state index contributed by atoms with van der Waals surface area (Å²) in [5.74, 6) is -0.139. The molecule has 27 heavy (non-hydrogen) atoms. The molecule has 1 aromatic rings. The predicted molar refractivity (Wildman–Crippen MR) is 102 cm³/mol. The van der Waals surface area contributed by atoms with Gasteiger partial charge >= 0.3 is 0 Å². The van der Waals surface area contributed by atoms with E-state index in [9.17, 15) is 9.59 Å². The maximum absolute atomic E-state index is 13.0. The molecule has 1 aromatic carbocycles. The number of likely N-dealkylation sites (tertiary alicyclic amines) is 1. The van der Waals surface area contributed by atoms with Crippen LogP contribution < -0.4 is 5.32 Å². The van der Waals surface area contributed by atoms with Gasteiger partial charge in [-0.05, 0) is 30.4 Å². The van der Waals surface area contributed by atoms with E-state index in [0.29, 0.717) is 30.6 Å². The Bertz CT molecular complexity index is 663. The summed E-state index contributed by atoms with van der Waals surface area (Å²) in [7, 11) is 1.60. The minimum Gasteiger partial charge on any atom is -0.383 e. The summed E-state index contributed by atoms with van der Waals surface area (Å²) >= 11 is 6.41. The molecule has 2 atom stereocenters. The minimum absolute atomic E-state index is 0.0387. The first kappa shape index (κ1) is 20.1. The number of hydrogen-bond donors (Lipinski definition) is 1. The second-order valence-electron chi connectivity index (χ2n) is 7.16. The van der Waals surface area contributed by atoms with E-state index >= 15 is 0 Å². The minimum atomic E-state index is -0.450. The monoisotopic (exact) mass is 394 g/mol. The highest BCUT2D eigenvalue weighted by atomic mass is 35.5. The van der Waals surface area contributed by atoms with Gasteiger partial charge in [-0.25, -0.2) is 0 Å². The number of nitrogens with one attached hydrogen (secondary N) is 1. The molecule has 2 fully saturated rings. The molecule has 3 rings (SSSR count). The van der Waals surface area contributed by atoms with Gasteiger partial charge in [0.1, 0.15) is 0 Å². The number of carbonyl (C=O) groups is 2. The zero-order chi connectivity index (χ0) is 19.2. The Labute approximate surface area is 165 Å². The van der Waals surface area contributed by atoms with E-state index in [2.05, 4.69) is 5.32 Å². The summed E-state index contributed by atoms with van der Waals surface area (Å²) in [6, 6.07) is 7.06. The molecular formula is C20H27ClN2O4. The van der Waals surface area contributed by atoms with Crippen molar-refractivity contribution < 1.29 is 19.1 Å². The molecule has 6 nitrogen and oxygen atoms in total. The van der Waals surface area contributed by atoms with Crippen molar-refractivity contribution in [3.05, 3.63) is 34.9 Å². The van der Waals surface area contributed by atoms with Crippen molar-refractivity contribution in [2.24, 2.45) is 11.8 Å². The molecular weight excluding hydrogens is 368 g/mol. The standard InChI is InChI=1S/C20H27ClN2O4/c1-26-11-8-23-18(24)12-16(19(23)15-4-2-3-5-17(15)21)20(25)22-13-14-6-9-27-10-7-14/h2-5,14,16,19H,6-13H2,1H3,(H,22,25)/t16-,19+/m1/s1. The van der Waals surface area contributed by atoms with Gasteiger partial charge in [0.15, 0.2) is 0 Å². The number of rotatable bonds is 7. The number of amides is 2. The molecule has 0 saturated carbocycles. The van der Waals surface area contributed by atoms with Gasteiger partial charge < -0.3 is 19.7 Å². The lowest BCUT2D eigenvalue weighted by Gasteiger charge is -2.29. The van der Waals surface area contributed by atoms with E-state index in [1.807, 2.05) is 18.2 Å². The van der Waals surface area contributed by atoms with Crippen LogP contribution in [0.2, 0.25) is 5.02 Å². The molecule has 0 bridgehead atoms. The summed E-state index contributed by atoms with van der Waals surface area (Å²) in [5.41, 5.74) is 0.812. The number of benzene rings is 1. The van der Waals surface area contributed by atoms with Crippen LogP contribution in [-0.4, -0.2) is 56.7 Å². The van der Waals surface area contributed by atoms with Crippen LogP contribution in [0.25, 0.3) is 0 Å². The number of hydrogen-bond acceptors (Lipinski definition) is 4. The van der Waals surface area contributed by atoms with Crippen molar-refractivity contribution in [2.45, 2.75) is 25.3 Å². The van der Waals surface area contributed by atoms with E-state index in [-0.39, 0.29) is 24.3 Å². The van der Waals surface area contributed by atoms with Gasteiger partial charge in [0.05, 0.1) is 18.6 Å². The first-order chi connectivity index (χ1) is 13.1. The lowest BCUT2D eigenvalue weighted by molar-refractivity contribution is -0.129. The number of ether oxygens (including phenoxy) is 2. The largest absolute Gasteiger partial charge is 0.383 e. The summed E-state index contributed by atoms with van der Waals surface area (Å²) in [5, 5.41) is 3.63. The van der Waals surface area contributed by atoms with Crippen LogP contribution >= 0.6 is 11.6 Å². The third-order valence-electron chi connectivity index (χ3n) is 5.43. The predicted octanol–water partition coefficient (Wildman–Crippen LogP) is 2.42. The van der Waals surface area contributed by atoms with E-state index in [1.165, 1.54) is 0 Å². The number of halogens is 1. The molecule has 2 aliphatic heterocycles. The third-order valence-corrected chi connectivity index (χ3v) is 5.78. The fourth-order valence-corrected chi connectivity index (χ4v) is 4.15. The SMILES string of the molecule is COCCN1C(=O)C[C@@H](C(=O)NCC2CCOCC2)[C@@H]1c1ccccc1Cl. The molecule has 7 heteroatoms. The zero-order valence-corrected chi connectivity index (χ0v) is 16.4. The number of nitrogens with zero attached hydrogens (tertiary/aromatic N) is 1. The Morgan fingerprint density at radius 1 is 1.33 bits per heavy atom. The Morgan fingerprint density at radius 3 is 2.78 bits per heavy atom. The summed E-state index contributed by atoms with van der Waals surface area (Å²) in [6.07, 6.45) is 2.11. The normalized spacial score (nSPS) is 23.6. The van der Waals surface area contributed by atoms with Gasteiger partial charge in [-0.15, -0.1) is 0 Å². The second kappa shape index (κ2) is 9.53. The lowest BCUT2D eigenvalue weighted by atomic mass is 9.92. The quantitative estimate of drug-likeness (QED) is 0.771. The average Bonchev–Trinajstić information content (AvgIpc) is 3.02. The molecule has 1 N–H and O–H groups in total. The maximum Gasteiger partial charge on any atom is 0.226 e. The maximum atomic E-state index is 13.0. The highest BCUT2D eigenvalue weighted by molar-refractivity contribution is 6.31. The lowest BCUT2D eigenvalue weighted by Crippen LogP contribution is -2.39. The van der Waals surface area contributed by atoms with Crippen LogP contribution in [0.1, 0.15) is 30.9 Å².